The molecule has 4 heteroatoms. The maximum Gasteiger partial charge on any atom is 0.307 e. The largest absolute Gasteiger partial charge is 0.307 e. The van der Waals surface area contributed by atoms with Crippen LogP contribution in [0.3, 0.4) is 0 Å². The molecule has 2 aliphatic carbocycles. The van der Waals surface area contributed by atoms with E-state index in [1.54, 1.807) is 0 Å². The van der Waals surface area contributed by atoms with Crippen LogP contribution in [0.4, 0.5) is 17.6 Å². The van der Waals surface area contributed by atoms with Gasteiger partial charge in [0.05, 0.1) is 0 Å². The fourth-order valence-corrected chi connectivity index (χ4v) is 2.43. The molecule has 0 aromatic heterocycles. The highest BCUT2D eigenvalue weighted by Gasteiger charge is 2.40. The van der Waals surface area contributed by atoms with Gasteiger partial charge in [0, 0.05) is 6.42 Å². The summed E-state index contributed by atoms with van der Waals surface area (Å²) in [7, 11) is 0. The predicted molar refractivity (Wildman–Crippen MR) is 53.6 cm³/mol. The average Bonchev–Trinajstić information content (AvgIpc) is 2.78. The zero-order valence-corrected chi connectivity index (χ0v) is 8.80. The first-order valence-electron chi connectivity index (χ1n) is 5.54. The van der Waals surface area contributed by atoms with Gasteiger partial charge in [-0.05, 0) is 31.1 Å². The third-order valence-electron chi connectivity index (χ3n) is 3.32. The number of halogens is 4. The van der Waals surface area contributed by atoms with Gasteiger partial charge in [0.2, 0.25) is 0 Å². The van der Waals surface area contributed by atoms with E-state index < -0.39 is 18.8 Å². The molecule has 2 atom stereocenters. The summed E-state index contributed by atoms with van der Waals surface area (Å²) in [5.41, 5.74) is 1.15. The SMILES string of the molecule is FC(F)C(F)(F)CCCC1=CC2C=CC1C2. The summed E-state index contributed by atoms with van der Waals surface area (Å²) in [5, 5.41) is 0. The molecular formula is C12H14F4. The highest BCUT2D eigenvalue weighted by Crippen LogP contribution is 2.41. The number of fused-ring (bicyclic) bond motifs is 2. The zero-order valence-electron chi connectivity index (χ0n) is 8.80. The van der Waals surface area contributed by atoms with Crippen molar-refractivity contribution in [2.75, 3.05) is 0 Å². The van der Waals surface area contributed by atoms with Crippen molar-refractivity contribution < 1.29 is 17.6 Å². The maximum atomic E-state index is 12.6. The summed E-state index contributed by atoms with van der Waals surface area (Å²) in [6.45, 7) is 0. The van der Waals surface area contributed by atoms with Crippen molar-refractivity contribution in [2.45, 2.75) is 38.0 Å². The molecule has 2 aliphatic rings. The molecule has 2 unspecified atom stereocenters. The molecule has 0 nitrogen and oxygen atoms in total. The standard InChI is InChI=1S/C12H14F4/c13-11(14)12(15,16)5-1-2-9-6-8-3-4-10(9)7-8/h3-4,6,8,10-11H,1-2,5,7H2. The van der Waals surface area contributed by atoms with Gasteiger partial charge >= 0.3 is 12.3 Å². The van der Waals surface area contributed by atoms with E-state index in [1.807, 2.05) is 0 Å². The summed E-state index contributed by atoms with van der Waals surface area (Å²) in [5.74, 6) is -2.99. The summed E-state index contributed by atoms with van der Waals surface area (Å²) < 4.78 is 49.0. The summed E-state index contributed by atoms with van der Waals surface area (Å²) >= 11 is 0. The maximum absolute atomic E-state index is 12.6. The highest BCUT2D eigenvalue weighted by molar-refractivity contribution is 5.29. The second kappa shape index (κ2) is 4.22. The average molecular weight is 234 g/mol. The van der Waals surface area contributed by atoms with E-state index >= 15 is 0 Å². The first kappa shape index (κ1) is 11.7. The fourth-order valence-electron chi connectivity index (χ4n) is 2.43. The van der Waals surface area contributed by atoms with Crippen LogP contribution in [0.5, 0.6) is 0 Å². The molecule has 0 aromatic rings. The third-order valence-corrected chi connectivity index (χ3v) is 3.32. The summed E-state index contributed by atoms with van der Waals surface area (Å²) in [6.07, 6.45) is 3.73. The Morgan fingerprint density at radius 3 is 2.56 bits per heavy atom. The van der Waals surface area contributed by atoms with Crippen LogP contribution < -0.4 is 0 Å². The summed E-state index contributed by atoms with van der Waals surface area (Å²) in [6, 6.07) is 0. The molecule has 90 valence electrons. The Labute approximate surface area is 92.0 Å². The van der Waals surface area contributed by atoms with Crippen molar-refractivity contribution in [1.29, 1.82) is 0 Å². The van der Waals surface area contributed by atoms with E-state index in [4.69, 9.17) is 0 Å². The molecule has 0 saturated carbocycles. The Hall–Kier alpha value is -0.800. The Morgan fingerprint density at radius 2 is 2.06 bits per heavy atom. The Balaban J connectivity index is 1.75. The van der Waals surface area contributed by atoms with Crippen molar-refractivity contribution in [3.8, 4) is 0 Å². The van der Waals surface area contributed by atoms with Gasteiger partial charge in [-0.1, -0.05) is 23.8 Å². The third kappa shape index (κ3) is 2.30. The van der Waals surface area contributed by atoms with Crippen molar-refractivity contribution >= 4 is 0 Å². The van der Waals surface area contributed by atoms with Gasteiger partial charge in [0.25, 0.3) is 0 Å². The molecule has 0 aromatic carbocycles. The highest BCUT2D eigenvalue weighted by atomic mass is 19.3. The smallest absolute Gasteiger partial charge is 0.204 e. The minimum atomic E-state index is -3.83. The van der Waals surface area contributed by atoms with E-state index in [0.717, 1.165) is 12.0 Å². The molecule has 0 radical (unpaired) electrons. The monoisotopic (exact) mass is 234 g/mol. The fraction of sp³-hybridized carbons (Fsp3) is 0.667. The van der Waals surface area contributed by atoms with Crippen molar-refractivity contribution in [1.82, 2.24) is 0 Å². The number of alkyl halides is 4. The molecule has 0 amide bonds. The van der Waals surface area contributed by atoms with Gasteiger partial charge in [0.15, 0.2) is 0 Å². The zero-order chi connectivity index (χ0) is 11.8. The molecule has 0 aliphatic heterocycles. The molecule has 0 fully saturated rings. The normalized spacial score (nSPS) is 27.9. The van der Waals surface area contributed by atoms with E-state index in [2.05, 4.69) is 18.2 Å². The topological polar surface area (TPSA) is 0 Å². The number of allylic oxidation sites excluding steroid dienone is 4. The van der Waals surface area contributed by atoms with E-state index in [0.29, 0.717) is 18.3 Å². The van der Waals surface area contributed by atoms with Crippen LogP contribution in [0.25, 0.3) is 0 Å². The quantitative estimate of drug-likeness (QED) is 0.494. The van der Waals surface area contributed by atoms with Crippen molar-refractivity contribution in [3.63, 3.8) is 0 Å². The first-order chi connectivity index (χ1) is 7.49. The molecule has 2 rings (SSSR count). The lowest BCUT2D eigenvalue weighted by atomic mass is 9.97. The van der Waals surface area contributed by atoms with E-state index in [1.165, 1.54) is 0 Å². The molecule has 0 N–H and O–H groups in total. The second-order valence-corrected chi connectivity index (χ2v) is 4.55. The van der Waals surface area contributed by atoms with Crippen LogP contribution in [0, 0.1) is 11.8 Å². The first-order valence-corrected chi connectivity index (χ1v) is 5.54. The van der Waals surface area contributed by atoms with Crippen LogP contribution in [-0.2, 0) is 0 Å². The summed E-state index contributed by atoms with van der Waals surface area (Å²) in [4.78, 5) is 0. The molecule has 0 saturated heterocycles. The van der Waals surface area contributed by atoms with Gasteiger partial charge < -0.3 is 0 Å². The molecule has 16 heavy (non-hydrogen) atoms. The van der Waals surface area contributed by atoms with Crippen LogP contribution >= 0.6 is 0 Å². The van der Waals surface area contributed by atoms with Crippen LogP contribution in [0.1, 0.15) is 25.7 Å². The van der Waals surface area contributed by atoms with Crippen molar-refractivity contribution in [3.05, 3.63) is 23.8 Å². The van der Waals surface area contributed by atoms with Crippen molar-refractivity contribution in [2.24, 2.45) is 11.8 Å². The molecular weight excluding hydrogens is 220 g/mol. The van der Waals surface area contributed by atoms with E-state index in [9.17, 15) is 17.6 Å². The number of rotatable bonds is 5. The molecule has 2 bridgehead atoms. The van der Waals surface area contributed by atoms with Crippen LogP contribution in [0.15, 0.2) is 23.8 Å². The molecule has 0 heterocycles. The lowest BCUT2D eigenvalue weighted by Crippen LogP contribution is -2.26. The van der Waals surface area contributed by atoms with Crippen LogP contribution in [0.2, 0.25) is 0 Å². The van der Waals surface area contributed by atoms with E-state index in [-0.39, 0.29) is 6.42 Å². The second-order valence-electron chi connectivity index (χ2n) is 4.55. The Kier molecular flexibility index (Phi) is 3.08. The minimum Gasteiger partial charge on any atom is -0.204 e. The van der Waals surface area contributed by atoms with Gasteiger partial charge in [-0.15, -0.1) is 0 Å². The van der Waals surface area contributed by atoms with Gasteiger partial charge in [-0.2, -0.15) is 0 Å². The number of hydrogen-bond acceptors (Lipinski definition) is 0. The Bertz CT molecular complexity index is 317. The lowest BCUT2D eigenvalue weighted by Gasteiger charge is -2.16. The van der Waals surface area contributed by atoms with Gasteiger partial charge in [-0.3, -0.25) is 0 Å². The Morgan fingerprint density at radius 1 is 1.31 bits per heavy atom. The van der Waals surface area contributed by atoms with Gasteiger partial charge in [-0.25, -0.2) is 17.6 Å². The minimum absolute atomic E-state index is 0.139. The molecule has 0 spiro atoms. The van der Waals surface area contributed by atoms with Gasteiger partial charge in [0.1, 0.15) is 0 Å². The van der Waals surface area contributed by atoms with Crippen LogP contribution in [-0.4, -0.2) is 12.3 Å². The number of hydrogen-bond donors (Lipinski definition) is 0. The lowest BCUT2D eigenvalue weighted by molar-refractivity contribution is -0.133. The predicted octanol–water partition coefficient (Wildman–Crippen LogP) is 4.19.